The molecule has 0 N–H and O–H groups in total. The van der Waals surface area contributed by atoms with Crippen molar-refractivity contribution in [2.75, 3.05) is 13.2 Å². The quantitative estimate of drug-likeness (QED) is 0.735. The lowest BCUT2D eigenvalue weighted by molar-refractivity contribution is 0.268. The Morgan fingerprint density at radius 2 is 1.72 bits per heavy atom. The van der Waals surface area contributed by atoms with E-state index in [1.165, 1.54) is 5.39 Å². The number of aromatic nitrogens is 1. The zero-order valence-electron chi connectivity index (χ0n) is 10.8. The summed E-state index contributed by atoms with van der Waals surface area (Å²) in [7, 11) is -0.855. The summed E-state index contributed by atoms with van der Waals surface area (Å²) in [6, 6.07) is 12.3. The predicted molar refractivity (Wildman–Crippen MR) is 75.6 cm³/mol. The lowest BCUT2D eigenvalue weighted by atomic mass is 10.2. The van der Waals surface area contributed by atoms with Gasteiger partial charge in [-0.2, -0.15) is 0 Å². The molecule has 0 aliphatic carbocycles. The minimum atomic E-state index is -0.855. The molecule has 4 heteroatoms. The Morgan fingerprint density at radius 3 is 2.44 bits per heavy atom. The molecule has 0 atom stereocenters. The van der Waals surface area contributed by atoms with Gasteiger partial charge in [-0.05, 0) is 26.0 Å². The van der Waals surface area contributed by atoms with E-state index < -0.39 is 8.38 Å². The summed E-state index contributed by atoms with van der Waals surface area (Å²) in [6.45, 7) is 5.34. The molecule has 0 saturated carbocycles. The first-order chi connectivity index (χ1) is 8.83. The summed E-state index contributed by atoms with van der Waals surface area (Å²) >= 11 is 0. The fourth-order valence-electron chi connectivity index (χ4n) is 1.75. The monoisotopic (exact) mass is 263 g/mol. The van der Waals surface area contributed by atoms with E-state index >= 15 is 0 Å². The van der Waals surface area contributed by atoms with Crippen LogP contribution in [-0.4, -0.2) is 18.2 Å². The molecule has 0 aliphatic rings. The summed E-state index contributed by atoms with van der Waals surface area (Å²) in [5.74, 6) is 0. The van der Waals surface area contributed by atoms with Gasteiger partial charge in [0.1, 0.15) is 0 Å². The molecule has 0 amide bonds. The van der Waals surface area contributed by atoms with Gasteiger partial charge in [0, 0.05) is 11.1 Å². The molecule has 1 aromatic heterocycles. The Bertz CT molecular complexity index is 498. The van der Waals surface area contributed by atoms with Crippen LogP contribution in [0.25, 0.3) is 10.9 Å². The van der Waals surface area contributed by atoms with Crippen molar-refractivity contribution in [3.05, 3.63) is 42.1 Å². The second-order valence-electron chi connectivity index (χ2n) is 3.82. The number of hydrogen-bond acceptors (Lipinski definition) is 3. The van der Waals surface area contributed by atoms with Crippen LogP contribution in [0.4, 0.5) is 0 Å². The Labute approximate surface area is 109 Å². The van der Waals surface area contributed by atoms with E-state index in [9.17, 15) is 0 Å². The molecule has 1 heterocycles. The number of benzene rings is 1. The average molecular weight is 263 g/mol. The van der Waals surface area contributed by atoms with Crippen LogP contribution < -0.4 is 0 Å². The second-order valence-corrected chi connectivity index (χ2v) is 5.32. The number of rotatable bonds is 6. The largest absolute Gasteiger partial charge is 0.334 e. The van der Waals surface area contributed by atoms with Crippen molar-refractivity contribution >= 4 is 19.3 Å². The van der Waals surface area contributed by atoms with Crippen LogP contribution in [0, 0.1) is 0 Å². The van der Waals surface area contributed by atoms with Gasteiger partial charge in [0.25, 0.3) is 0 Å². The van der Waals surface area contributed by atoms with Crippen molar-refractivity contribution in [1.29, 1.82) is 0 Å². The molecule has 96 valence electrons. The SMILES string of the molecule is CCOP(Cc1ccc2ccccc2n1)OCC. The number of fused-ring (bicyclic) bond motifs is 1. The summed E-state index contributed by atoms with van der Waals surface area (Å²) < 4.78 is 11.2. The Balaban J connectivity index is 2.14. The van der Waals surface area contributed by atoms with Gasteiger partial charge in [-0.25, -0.2) is 0 Å². The van der Waals surface area contributed by atoms with Gasteiger partial charge in [0.2, 0.25) is 0 Å². The third-order valence-corrected chi connectivity index (χ3v) is 4.17. The molecule has 2 rings (SSSR count). The van der Waals surface area contributed by atoms with Crippen molar-refractivity contribution in [2.24, 2.45) is 0 Å². The molecule has 0 unspecified atom stereocenters. The zero-order valence-corrected chi connectivity index (χ0v) is 11.7. The lowest BCUT2D eigenvalue weighted by Gasteiger charge is -2.15. The highest BCUT2D eigenvalue weighted by atomic mass is 31.2. The molecular formula is C14H18NO2P. The molecule has 0 fully saturated rings. The summed E-state index contributed by atoms with van der Waals surface area (Å²) in [5.41, 5.74) is 2.06. The minimum Gasteiger partial charge on any atom is -0.334 e. The molecular weight excluding hydrogens is 245 g/mol. The van der Waals surface area contributed by atoms with Crippen molar-refractivity contribution in [3.8, 4) is 0 Å². The van der Waals surface area contributed by atoms with Crippen LogP contribution >= 0.6 is 8.38 Å². The van der Waals surface area contributed by atoms with E-state index in [1.807, 2.05) is 32.0 Å². The van der Waals surface area contributed by atoms with E-state index in [2.05, 4.69) is 23.2 Å². The second kappa shape index (κ2) is 6.79. The standard InChI is InChI=1S/C14H18NO2P/c1-3-16-18(17-4-2)11-13-10-9-12-7-5-6-8-14(12)15-13/h5-10H,3-4,11H2,1-2H3. The molecule has 0 bridgehead atoms. The first-order valence-electron chi connectivity index (χ1n) is 6.21. The maximum absolute atomic E-state index is 5.60. The van der Waals surface area contributed by atoms with E-state index in [0.29, 0.717) is 13.2 Å². The highest BCUT2D eigenvalue weighted by Crippen LogP contribution is 2.41. The molecule has 0 aliphatic heterocycles. The smallest absolute Gasteiger partial charge is 0.176 e. The van der Waals surface area contributed by atoms with Crippen LogP contribution in [0.2, 0.25) is 0 Å². The Morgan fingerprint density at radius 1 is 1.00 bits per heavy atom. The van der Waals surface area contributed by atoms with E-state index in [-0.39, 0.29) is 0 Å². The van der Waals surface area contributed by atoms with Crippen molar-refractivity contribution < 1.29 is 9.05 Å². The highest BCUT2D eigenvalue weighted by Gasteiger charge is 2.11. The number of nitrogens with zero attached hydrogens (tertiary/aromatic N) is 1. The van der Waals surface area contributed by atoms with Crippen LogP contribution in [0.3, 0.4) is 0 Å². The molecule has 2 aromatic rings. The van der Waals surface area contributed by atoms with Gasteiger partial charge < -0.3 is 9.05 Å². The van der Waals surface area contributed by atoms with Gasteiger partial charge in [0.15, 0.2) is 8.38 Å². The maximum Gasteiger partial charge on any atom is 0.176 e. The summed E-state index contributed by atoms with van der Waals surface area (Å²) in [5, 5.41) is 1.17. The van der Waals surface area contributed by atoms with Crippen LogP contribution in [0.5, 0.6) is 0 Å². The first-order valence-corrected chi connectivity index (χ1v) is 7.57. The van der Waals surface area contributed by atoms with Gasteiger partial charge in [-0.3, -0.25) is 4.98 Å². The number of para-hydroxylation sites is 1. The zero-order chi connectivity index (χ0) is 12.8. The molecule has 0 spiro atoms. The molecule has 0 saturated heterocycles. The Kier molecular flexibility index (Phi) is 5.06. The van der Waals surface area contributed by atoms with Gasteiger partial charge in [0.05, 0.1) is 24.9 Å². The molecule has 1 aromatic carbocycles. The average Bonchev–Trinajstić information content (AvgIpc) is 2.39. The Hall–Kier alpha value is -1.02. The van der Waals surface area contributed by atoms with E-state index in [0.717, 1.165) is 17.4 Å². The van der Waals surface area contributed by atoms with Crippen LogP contribution in [-0.2, 0) is 15.2 Å². The van der Waals surface area contributed by atoms with E-state index in [4.69, 9.17) is 9.05 Å². The van der Waals surface area contributed by atoms with Gasteiger partial charge in [-0.1, -0.05) is 24.3 Å². The van der Waals surface area contributed by atoms with E-state index in [1.54, 1.807) is 0 Å². The predicted octanol–water partition coefficient (Wildman–Crippen LogP) is 4.12. The highest BCUT2D eigenvalue weighted by molar-refractivity contribution is 7.46. The van der Waals surface area contributed by atoms with Crippen molar-refractivity contribution in [2.45, 2.75) is 20.0 Å². The normalized spacial score (nSPS) is 11.3. The fraction of sp³-hybridized carbons (Fsp3) is 0.357. The van der Waals surface area contributed by atoms with Gasteiger partial charge >= 0.3 is 0 Å². The van der Waals surface area contributed by atoms with Gasteiger partial charge in [-0.15, -0.1) is 0 Å². The molecule has 3 nitrogen and oxygen atoms in total. The fourth-order valence-corrected chi connectivity index (χ4v) is 3.02. The summed E-state index contributed by atoms with van der Waals surface area (Å²) in [6.07, 6.45) is 0.752. The molecule has 18 heavy (non-hydrogen) atoms. The summed E-state index contributed by atoms with van der Waals surface area (Å²) in [4.78, 5) is 4.64. The first kappa shape index (κ1) is 13.4. The topological polar surface area (TPSA) is 31.4 Å². The number of pyridine rings is 1. The van der Waals surface area contributed by atoms with Crippen molar-refractivity contribution in [1.82, 2.24) is 4.98 Å². The number of hydrogen-bond donors (Lipinski definition) is 0. The lowest BCUT2D eigenvalue weighted by Crippen LogP contribution is -1.96. The third-order valence-electron chi connectivity index (χ3n) is 2.49. The maximum atomic E-state index is 5.60. The van der Waals surface area contributed by atoms with Crippen molar-refractivity contribution in [3.63, 3.8) is 0 Å². The minimum absolute atomic E-state index is 0.680. The van der Waals surface area contributed by atoms with Crippen LogP contribution in [0.15, 0.2) is 36.4 Å². The van der Waals surface area contributed by atoms with Crippen LogP contribution in [0.1, 0.15) is 19.5 Å². The molecule has 0 radical (unpaired) electrons. The third kappa shape index (κ3) is 3.49.